The molecule has 2 saturated heterocycles. The van der Waals surface area contributed by atoms with Crippen molar-refractivity contribution >= 4 is 32.6 Å². The number of para-hydroxylation sites is 1. The third-order valence-electron chi connectivity index (χ3n) is 5.64. The van der Waals surface area contributed by atoms with Crippen molar-refractivity contribution < 1.29 is 18.0 Å². The molecule has 1 aromatic carbocycles. The van der Waals surface area contributed by atoms with E-state index in [4.69, 9.17) is 0 Å². The Morgan fingerprint density at radius 3 is 2.37 bits per heavy atom. The highest BCUT2D eigenvalue weighted by Gasteiger charge is 2.49. The molecule has 27 heavy (non-hydrogen) atoms. The number of hydrogen-bond donors (Lipinski definition) is 1. The van der Waals surface area contributed by atoms with Gasteiger partial charge >= 0.3 is 0 Å². The van der Waals surface area contributed by atoms with Gasteiger partial charge in [0.1, 0.15) is 0 Å². The Balaban J connectivity index is 1.58. The first-order chi connectivity index (χ1) is 12.9. The smallest absolute Gasteiger partial charge is 0.227 e. The van der Waals surface area contributed by atoms with Crippen LogP contribution in [0.3, 0.4) is 0 Å². The summed E-state index contributed by atoms with van der Waals surface area (Å²) < 4.78 is 24.5. The summed E-state index contributed by atoms with van der Waals surface area (Å²) in [5, 5.41) is 1.00. The van der Waals surface area contributed by atoms with Gasteiger partial charge in [-0.15, -0.1) is 0 Å². The predicted molar refractivity (Wildman–Crippen MR) is 102 cm³/mol. The number of aromatic nitrogens is 1. The summed E-state index contributed by atoms with van der Waals surface area (Å²) in [6.45, 7) is 2.54. The van der Waals surface area contributed by atoms with Crippen LogP contribution in [0.4, 0.5) is 0 Å². The monoisotopic (exact) mass is 389 g/mol. The van der Waals surface area contributed by atoms with Crippen LogP contribution in [0.2, 0.25) is 0 Å². The van der Waals surface area contributed by atoms with E-state index in [2.05, 4.69) is 4.98 Å². The Bertz CT molecular complexity index is 997. The van der Waals surface area contributed by atoms with E-state index in [1.165, 1.54) is 0 Å². The number of H-pyrrole nitrogens is 1. The van der Waals surface area contributed by atoms with Crippen LogP contribution in [0.25, 0.3) is 10.9 Å². The minimum atomic E-state index is -3.26. The minimum absolute atomic E-state index is 0.0502. The fourth-order valence-corrected chi connectivity index (χ4v) is 6.30. The maximum absolute atomic E-state index is 13.0. The van der Waals surface area contributed by atoms with Crippen molar-refractivity contribution in [2.24, 2.45) is 0 Å². The first kappa shape index (κ1) is 18.0. The molecule has 0 unspecified atom stereocenters. The summed E-state index contributed by atoms with van der Waals surface area (Å²) >= 11 is 0. The van der Waals surface area contributed by atoms with E-state index in [9.17, 15) is 18.0 Å². The summed E-state index contributed by atoms with van der Waals surface area (Å²) in [5.41, 5.74) is 1.88. The van der Waals surface area contributed by atoms with Gasteiger partial charge in [-0.05, 0) is 11.6 Å². The number of carbonyl (C=O) groups is 2. The van der Waals surface area contributed by atoms with Crippen LogP contribution in [0.15, 0.2) is 30.5 Å². The fourth-order valence-electron chi connectivity index (χ4n) is 4.32. The number of nitrogens with one attached hydrogen (secondary N) is 1. The van der Waals surface area contributed by atoms with E-state index in [0.717, 1.165) is 16.5 Å². The largest absolute Gasteiger partial charge is 0.361 e. The first-order valence-corrected chi connectivity index (χ1v) is 11.1. The molecule has 0 aliphatic carbocycles. The van der Waals surface area contributed by atoms with Gasteiger partial charge in [0.25, 0.3) is 0 Å². The first-order valence-electron chi connectivity index (χ1n) is 9.24. The zero-order valence-corrected chi connectivity index (χ0v) is 16.0. The highest BCUT2D eigenvalue weighted by molar-refractivity contribution is 7.91. The van der Waals surface area contributed by atoms with Gasteiger partial charge in [-0.25, -0.2) is 8.42 Å². The molecular formula is C19H23N3O4S. The zero-order valence-electron chi connectivity index (χ0n) is 15.2. The average Bonchev–Trinajstić information content (AvgIpc) is 3.19. The van der Waals surface area contributed by atoms with Crippen molar-refractivity contribution in [2.45, 2.75) is 31.8 Å². The van der Waals surface area contributed by atoms with E-state index in [0.29, 0.717) is 19.5 Å². The van der Waals surface area contributed by atoms with Crippen LogP contribution in [0.5, 0.6) is 0 Å². The maximum atomic E-state index is 13.0. The van der Waals surface area contributed by atoms with Gasteiger partial charge in [0.2, 0.25) is 11.8 Å². The lowest BCUT2D eigenvalue weighted by Gasteiger charge is -2.44. The van der Waals surface area contributed by atoms with E-state index in [1.54, 1.807) is 16.7 Å². The van der Waals surface area contributed by atoms with E-state index < -0.39 is 21.9 Å². The number of aromatic amines is 1. The normalized spacial score (nSPS) is 24.2. The van der Waals surface area contributed by atoms with E-state index >= 15 is 0 Å². The summed E-state index contributed by atoms with van der Waals surface area (Å²) in [5.74, 6) is -0.258. The van der Waals surface area contributed by atoms with Gasteiger partial charge in [-0.2, -0.15) is 0 Å². The Hall–Kier alpha value is -2.35. The number of sulfone groups is 1. The number of carbonyl (C=O) groups excluding carboxylic acids is 2. The molecule has 0 saturated carbocycles. The van der Waals surface area contributed by atoms with Gasteiger partial charge in [0.05, 0.1) is 30.0 Å². The molecule has 1 N–H and O–H groups in total. The third-order valence-corrected chi connectivity index (χ3v) is 7.33. The molecule has 2 aliphatic rings. The summed E-state index contributed by atoms with van der Waals surface area (Å²) in [7, 11) is -3.26. The van der Waals surface area contributed by atoms with Crippen molar-refractivity contribution in [1.82, 2.24) is 14.8 Å². The molecule has 2 aliphatic heterocycles. The van der Waals surface area contributed by atoms with Crippen LogP contribution >= 0.6 is 0 Å². The molecule has 2 fully saturated rings. The molecule has 4 rings (SSSR count). The summed E-state index contributed by atoms with van der Waals surface area (Å²) in [4.78, 5) is 31.7. The fraction of sp³-hybridized carbons (Fsp3) is 0.474. The molecule has 2 atom stereocenters. The lowest BCUT2D eigenvalue weighted by atomic mass is 10.0. The predicted octanol–water partition coefficient (Wildman–Crippen LogP) is 0.957. The quantitative estimate of drug-likeness (QED) is 0.846. The molecule has 2 aromatic rings. The maximum Gasteiger partial charge on any atom is 0.227 e. The molecule has 0 bridgehead atoms. The number of hydrogen-bond acceptors (Lipinski definition) is 4. The molecule has 1 aromatic heterocycles. The molecule has 0 radical (unpaired) electrons. The molecule has 7 nitrogen and oxygen atoms in total. The topological polar surface area (TPSA) is 90.6 Å². The summed E-state index contributed by atoms with van der Waals surface area (Å²) in [6, 6.07) is 6.91. The van der Waals surface area contributed by atoms with Crippen molar-refractivity contribution in [2.75, 3.05) is 24.6 Å². The number of nitrogens with zero attached hydrogens (tertiary/aromatic N) is 2. The number of piperazine rings is 1. The zero-order chi connectivity index (χ0) is 19.2. The van der Waals surface area contributed by atoms with Crippen LogP contribution in [-0.4, -0.2) is 71.7 Å². The van der Waals surface area contributed by atoms with Gasteiger partial charge in [0, 0.05) is 36.6 Å². The second kappa shape index (κ2) is 6.67. The van der Waals surface area contributed by atoms with Gasteiger partial charge < -0.3 is 14.8 Å². The molecule has 0 spiro atoms. The third kappa shape index (κ3) is 3.22. The van der Waals surface area contributed by atoms with Crippen molar-refractivity contribution in [3.8, 4) is 0 Å². The van der Waals surface area contributed by atoms with Gasteiger partial charge in [0.15, 0.2) is 9.84 Å². The second-order valence-corrected chi connectivity index (χ2v) is 9.43. The van der Waals surface area contributed by atoms with Gasteiger partial charge in [-0.3, -0.25) is 9.59 Å². The van der Waals surface area contributed by atoms with Crippen molar-refractivity contribution in [3.63, 3.8) is 0 Å². The molecule has 2 amide bonds. The molecular weight excluding hydrogens is 366 g/mol. The Morgan fingerprint density at radius 2 is 1.70 bits per heavy atom. The van der Waals surface area contributed by atoms with Crippen molar-refractivity contribution in [1.29, 1.82) is 0 Å². The highest BCUT2D eigenvalue weighted by atomic mass is 32.2. The Labute approximate surface area is 158 Å². The number of benzene rings is 1. The Kier molecular flexibility index (Phi) is 4.46. The van der Waals surface area contributed by atoms with Crippen LogP contribution in [0.1, 0.15) is 18.9 Å². The van der Waals surface area contributed by atoms with Crippen LogP contribution in [0, 0.1) is 0 Å². The van der Waals surface area contributed by atoms with Gasteiger partial charge in [-0.1, -0.05) is 25.1 Å². The SMILES string of the molecule is CCC(=O)N1CCN(C(=O)Cc2c[nH]c3ccccc23)[C@@H]2CS(=O)(=O)C[C@@H]21. The second-order valence-electron chi connectivity index (χ2n) is 7.28. The standard InChI is InChI=1S/C19H23N3O4S/c1-2-18(23)21-7-8-22(17-12-27(25,26)11-16(17)21)19(24)9-13-10-20-15-6-4-3-5-14(13)15/h3-6,10,16-17,20H,2,7-9,11-12H2,1H3/t16-,17+/m0/s1. The van der Waals surface area contributed by atoms with Crippen LogP contribution < -0.4 is 0 Å². The Morgan fingerprint density at radius 1 is 1.07 bits per heavy atom. The van der Waals surface area contributed by atoms with Crippen molar-refractivity contribution in [3.05, 3.63) is 36.0 Å². The van der Waals surface area contributed by atoms with Crippen LogP contribution in [-0.2, 0) is 25.8 Å². The summed E-state index contributed by atoms with van der Waals surface area (Å²) in [6.07, 6.45) is 2.39. The molecule has 3 heterocycles. The molecule has 8 heteroatoms. The number of amides is 2. The molecule has 144 valence electrons. The lowest BCUT2D eigenvalue weighted by molar-refractivity contribution is -0.144. The highest BCUT2D eigenvalue weighted by Crippen LogP contribution is 2.28. The lowest BCUT2D eigenvalue weighted by Crippen LogP contribution is -2.62. The number of fused-ring (bicyclic) bond motifs is 2. The average molecular weight is 389 g/mol. The minimum Gasteiger partial charge on any atom is -0.361 e. The number of rotatable bonds is 3. The van der Waals surface area contributed by atoms with E-state index in [-0.39, 0.29) is 29.7 Å². The van der Waals surface area contributed by atoms with E-state index in [1.807, 2.05) is 30.5 Å².